The minimum Gasteiger partial charge on any atom is -0.453 e. The van der Waals surface area contributed by atoms with E-state index in [9.17, 15) is 9.59 Å². The summed E-state index contributed by atoms with van der Waals surface area (Å²) < 4.78 is 9.42. The van der Waals surface area contributed by atoms with Gasteiger partial charge in [-0.1, -0.05) is 18.2 Å². The van der Waals surface area contributed by atoms with E-state index in [4.69, 9.17) is 4.74 Å². The second-order valence-corrected chi connectivity index (χ2v) is 3.58. The first kappa shape index (κ1) is 13.8. The lowest BCUT2D eigenvalue weighted by atomic mass is 10.3. The zero-order valence-electron chi connectivity index (χ0n) is 10.3. The average molecular weight is 252 g/mol. The van der Waals surface area contributed by atoms with Crippen molar-refractivity contribution in [1.82, 2.24) is 5.32 Å². The fourth-order valence-electron chi connectivity index (χ4n) is 1.19. The van der Waals surface area contributed by atoms with Crippen LogP contribution in [0.1, 0.15) is 6.92 Å². The van der Waals surface area contributed by atoms with Crippen LogP contribution in [0.25, 0.3) is 0 Å². The fraction of sp³-hybridized carbons (Fsp3) is 0.333. The van der Waals surface area contributed by atoms with Crippen LogP contribution in [0, 0.1) is 0 Å². The summed E-state index contributed by atoms with van der Waals surface area (Å²) in [7, 11) is 1.27. The highest BCUT2D eigenvalue weighted by Gasteiger charge is 2.10. The van der Waals surface area contributed by atoms with Gasteiger partial charge in [-0.15, -0.1) is 0 Å². The molecule has 0 bridgehead atoms. The molecule has 1 unspecified atom stereocenters. The zero-order chi connectivity index (χ0) is 13.4. The Morgan fingerprint density at radius 3 is 2.50 bits per heavy atom. The molecule has 1 atom stereocenters. The maximum atomic E-state index is 11.5. The summed E-state index contributed by atoms with van der Waals surface area (Å²) in [5, 5.41) is 5.00. The van der Waals surface area contributed by atoms with Crippen molar-refractivity contribution < 1.29 is 19.1 Å². The Morgan fingerprint density at radius 2 is 1.89 bits per heavy atom. The highest BCUT2D eigenvalue weighted by Crippen LogP contribution is 2.05. The molecule has 98 valence electrons. The first-order valence-corrected chi connectivity index (χ1v) is 5.46. The first-order chi connectivity index (χ1) is 8.61. The molecule has 0 saturated heterocycles. The summed E-state index contributed by atoms with van der Waals surface area (Å²) >= 11 is 0. The Hall–Kier alpha value is -2.24. The third kappa shape index (κ3) is 5.20. The molecule has 6 heteroatoms. The Balaban J connectivity index is 2.29. The number of carbonyl (C=O) groups is 2. The number of amides is 2. The minimum absolute atomic E-state index is 0.189. The lowest BCUT2D eigenvalue weighted by Gasteiger charge is -2.14. The smallest absolute Gasteiger partial charge is 0.411 e. The van der Waals surface area contributed by atoms with Crippen LogP contribution in [0.3, 0.4) is 0 Å². The highest BCUT2D eigenvalue weighted by molar-refractivity contribution is 5.84. The van der Waals surface area contributed by atoms with E-state index in [1.807, 2.05) is 6.07 Å². The normalized spacial score (nSPS) is 11.2. The molecule has 0 saturated carbocycles. The molecule has 0 aliphatic heterocycles. The molecule has 1 rings (SSSR count). The Kier molecular flexibility index (Phi) is 5.50. The van der Waals surface area contributed by atoms with E-state index in [1.54, 1.807) is 31.2 Å². The van der Waals surface area contributed by atoms with Gasteiger partial charge in [-0.3, -0.25) is 5.32 Å². The van der Waals surface area contributed by atoms with Crippen LogP contribution in [-0.2, 0) is 9.47 Å². The first-order valence-electron chi connectivity index (χ1n) is 5.46. The quantitative estimate of drug-likeness (QED) is 0.859. The van der Waals surface area contributed by atoms with Crippen LogP contribution in [0.15, 0.2) is 30.3 Å². The predicted octanol–water partition coefficient (Wildman–Crippen LogP) is 1.98. The second-order valence-electron chi connectivity index (χ2n) is 3.58. The molecule has 6 nitrogen and oxygen atoms in total. The molecule has 0 aromatic heterocycles. The van der Waals surface area contributed by atoms with E-state index in [-0.39, 0.29) is 6.54 Å². The molecule has 0 radical (unpaired) electrons. The van der Waals surface area contributed by atoms with Crippen LogP contribution in [-0.4, -0.2) is 31.9 Å². The van der Waals surface area contributed by atoms with Gasteiger partial charge in [0.05, 0.1) is 13.7 Å². The number of carbonyl (C=O) groups excluding carboxylic acids is 2. The third-order valence-corrected chi connectivity index (χ3v) is 2.05. The Bertz CT molecular complexity index is 394. The predicted molar refractivity (Wildman–Crippen MR) is 66.4 cm³/mol. The minimum atomic E-state index is -0.569. The number of hydrogen-bond donors (Lipinski definition) is 2. The maximum absolute atomic E-state index is 11.5. The molecule has 0 aliphatic rings. The van der Waals surface area contributed by atoms with E-state index in [1.165, 1.54) is 7.11 Å². The van der Waals surface area contributed by atoms with Crippen molar-refractivity contribution >= 4 is 17.9 Å². The standard InChI is InChI=1S/C12H16N2O4/c1-9(8-13-11(15)17-2)18-12(16)14-10-6-4-3-5-7-10/h3-7,9H,8H2,1-2H3,(H,13,15)(H,14,16). The topological polar surface area (TPSA) is 76.7 Å². The molecule has 2 amide bonds. The van der Waals surface area contributed by atoms with E-state index in [0.29, 0.717) is 5.69 Å². The van der Waals surface area contributed by atoms with Gasteiger partial charge in [-0.05, 0) is 19.1 Å². The Labute approximate surface area is 105 Å². The molecule has 0 fully saturated rings. The molecule has 18 heavy (non-hydrogen) atoms. The molecular formula is C12H16N2O4. The van der Waals surface area contributed by atoms with Gasteiger partial charge in [0.25, 0.3) is 0 Å². The van der Waals surface area contributed by atoms with Crippen molar-refractivity contribution in [1.29, 1.82) is 0 Å². The van der Waals surface area contributed by atoms with Crippen LogP contribution < -0.4 is 10.6 Å². The summed E-state index contributed by atoms with van der Waals surface area (Å²) in [6.45, 7) is 1.86. The number of anilines is 1. The van der Waals surface area contributed by atoms with Gasteiger partial charge >= 0.3 is 12.2 Å². The average Bonchev–Trinajstić information content (AvgIpc) is 2.37. The van der Waals surface area contributed by atoms with E-state index < -0.39 is 18.3 Å². The lowest BCUT2D eigenvalue weighted by Crippen LogP contribution is -2.34. The van der Waals surface area contributed by atoms with Crippen molar-refractivity contribution in [3.05, 3.63) is 30.3 Å². The third-order valence-electron chi connectivity index (χ3n) is 2.05. The maximum Gasteiger partial charge on any atom is 0.411 e. The number of ether oxygens (including phenoxy) is 2. The number of hydrogen-bond acceptors (Lipinski definition) is 4. The van der Waals surface area contributed by atoms with Crippen molar-refractivity contribution in [2.45, 2.75) is 13.0 Å². The largest absolute Gasteiger partial charge is 0.453 e. The van der Waals surface area contributed by atoms with Crippen LogP contribution >= 0.6 is 0 Å². The molecule has 2 N–H and O–H groups in total. The molecule has 0 aliphatic carbocycles. The van der Waals surface area contributed by atoms with E-state index in [2.05, 4.69) is 15.4 Å². The number of para-hydroxylation sites is 1. The van der Waals surface area contributed by atoms with Gasteiger partial charge in [0.15, 0.2) is 0 Å². The number of alkyl carbamates (subject to hydrolysis) is 1. The number of nitrogens with one attached hydrogen (secondary N) is 2. The fourth-order valence-corrected chi connectivity index (χ4v) is 1.19. The Morgan fingerprint density at radius 1 is 1.22 bits per heavy atom. The van der Waals surface area contributed by atoms with Crippen LogP contribution in [0.5, 0.6) is 0 Å². The van der Waals surface area contributed by atoms with Crippen molar-refractivity contribution in [2.75, 3.05) is 19.0 Å². The van der Waals surface area contributed by atoms with E-state index in [0.717, 1.165) is 0 Å². The summed E-state index contributed by atoms with van der Waals surface area (Å²) in [4.78, 5) is 22.3. The van der Waals surface area contributed by atoms with Gasteiger partial charge in [-0.25, -0.2) is 9.59 Å². The number of rotatable bonds is 4. The second kappa shape index (κ2) is 7.16. The molecule has 1 aromatic rings. The van der Waals surface area contributed by atoms with Crippen molar-refractivity contribution in [2.24, 2.45) is 0 Å². The summed E-state index contributed by atoms with van der Waals surface area (Å²) in [5.74, 6) is 0. The molecule has 0 heterocycles. The van der Waals surface area contributed by atoms with Crippen LogP contribution in [0.2, 0.25) is 0 Å². The van der Waals surface area contributed by atoms with Gasteiger partial charge in [0.2, 0.25) is 0 Å². The van der Waals surface area contributed by atoms with Gasteiger partial charge < -0.3 is 14.8 Å². The summed E-state index contributed by atoms with van der Waals surface area (Å²) in [6.07, 6.45) is -1.58. The van der Waals surface area contributed by atoms with Crippen LogP contribution in [0.4, 0.5) is 15.3 Å². The highest BCUT2D eigenvalue weighted by atomic mass is 16.6. The lowest BCUT2D eigenvalue weighted by molar-refractivity contribution is 0.115. The molecular weight excluding hydrogens is 236 g/mol. The molecule has 1 aromatic carbocycles. The number of benzene rings is 1. The van der Waals surface area contributed by atoms with Crippen molar-refractivity contribution in [3.8, 4) is 0 Å². The number of methoxy groups -OCH3 is 1. The zero-order valence-corrected chi connectivity index (χ0v) is 10.3. The van der Waals surface area contributed by atoms with Gasteiger partial charge in [0.1, 0.15) is 6.10 Å². The van der Waals surface area contributed by atoms with Gasteiger partial charge in [-0.2, -0.15) is 0 Å². The SMILES string of the molecule is COC(=O)NCC(C)OC(=O)Nc1ccccc1. The summed E-state index contributed by atoms with van der Waals surface area (Å²) in [6, 6.07) is 8.95. The van der Waals surface area contributed by atoms with Gasteiger partial charge in [0, 0.05) is 5.69 Å². The summed E-state index contributed by atoms with van der Waals surface area (Å²) in [5.41, 5.74) is 0.649. The van der Waals surface area contributed by atoms with E-state index >= 15 is 0 Å². The van der Waals surface area contributed by atoms with Crippen molar-refractivity contribution in [3.63, 3.8) is 0 Å². The molecule has 0 spiro atoms. The monoisotopic (exact) mass is 252 g/mol.